The van der Waals surface area contributed by atoms with Crippen LogP contribution in [-0.4, -0.2) is 36.8 Å². The van der Waals surface area contributed by atoms with Gasteiger partial charge in [0.15, 0.2) is 6.10 Å². The Hall–Kier alpha value is -4.26. The predicted octanol–water partition coefficient (Wildman–Crippen LogP) is 4.31. The topological polar surface area (TPSA) is 90.0 Å². The molecule has 0 fully saturated rings. The molecule has 33 heavy (non-hydrogen) atoms. The van der Waals surface area contributed by atoms with E-state index in [2.05, 4.69) is 0 Å². The van der Waals surface area contributed by atoms with Gasteiger partial charge in [-0.1, -0.05) is 37.3 Å². The minimum Gasteiger partial charge on any atom is -0.497 e. The predicted molar refractivity (Wildman–Crippen MR) is 121 cm³/mol. The SMILES string of the molecule is CCC(OC(=O)c1ccc2c(c1)C(=O)N(c1ccc(OC)cc1)C2=O)C(=O)c1ccccc1. The van der Waals surface area contributed by atoms with E-state index in [0.29, 0.717) is 23.4 Å². The Labute approximate surface area is 190 Å². The van der Waals surface area contributed by atoms with Gasteiger partial charge in [-0.25, -0.2) is 9.69 Å². The van der Waals surface area contributed by atoms with Gasteiger partial charge in [-0.15, -0.1) is 0 Å². The largest absolute Gasteiger partial charge is 0.497 e. The molecule has 2 amide bonds. The Morgan fingerprint density at radius 3 is 2.15 bits per heavy atom. The number of carbonyl (C=O) groups is 4. The van der Waals surface area contributed by atoms with Crippen molar-refractivity contribution in [3.8, 4) is 5.75 Å². The van der Waals surface area contributed by atoms with Gasteiger partial charge < -0.3 is 9.47 Å². The lowest BCUT2D eigenvalue weighted by Gasteiger charge is -2.15. The molecule has 7 nitrogen and oxygen atoms in total. The number of rotatable bonds is 7. The van der Waals surface area contributed by atoms with E-state index in [-0.39, 0.29) is 22.5 Å². The third kappa shape index (κ3) is 4.13. The van der Waals surface area contributed by atoms with Gasteiger partial charge in [0.2, 0.25) is 5.78 Å². The number of ketones is 1. The first kappa shape index (κ1) is 22.0. The van der Waals surface area contributed by atoms with Crippen LogP contribution in [-0.2, 0) is 4.74 Å². The van der Waals surface area contributed by atoms with E-state index in [1.54, 1.807) is 61.5 Å². The molecule has 0 bridgehead atoms. The molecule has 1 aliphatic heterocycles. The molecule has 166 valence electrons. The maximum absolute atomic E-state index is 13.0. The van der Waals surface area contributed by atoms with E-state index in [0.717, 1.165) is 4.90 Å². The van der Waals surface area contributed by atoms with E-state index >= 15 is 0 Å². The fourth-order valence-corrected chi connectivity index (χ4v) is 3.64. The zero-order chi connectivity index (χ0) is 23.5. The van der Waals surface area contributed by atoms with Crippen molar-refractivity contribution in [1.29, 1.82) is 0 Å². The molecular weight excluding hydrogens is 422 g/mol. The van der Waals surface area contributed by atoms with E-state index < -0.39 is 23.9 Å². The first-order chi connectivity index (χ1) is 15.9. The number of ether oxygens (including phenoxy) is 2. The third-order valence-electron chi connectivity index (χ3n) is 5.42. The zero-order valence-corrected chi connectivity index (χ0v) is 18.1. The molecule has 0 saturated heterocycles. The Morgan fingerprint density at radius 1 is 0.848 bits per heavy atom. The summed E-state index contributed by atoms with van der Waals surface area (Å²) in [7, 11) is 1.52. The molecule has 1 heterocycles. The molecule has 0 saturated carbocycles. The van der Waals surface area contributed by atoms with Crippen molar-refractivity contribution in [2.45, 2.75) is 19.4 Å². The van der Waals surface area contributed by atoms with Crippen LogP contribution >= 0.6 is 0 Å². The van der Waals surface area contributed by atoms with Crippen molar-refractivity contribution in [2.24, 2.45) is 0 Å². The molecule has 3 aromatic carbocycles. The number of imide groups is 1. The van der Waals surface area contributed by atoms with Crippen LogP contribution in [0.2, 0.25) is 0 Å². The van der Waals surface area contributed by atoms with Crippen molar-refractivity contribution >= 4 is 29.3 Å². The summed E-state index contributed by atoms with van der Waals surface area (Å²) in [5.41, 5.74) is 1.23. The quantitative estimate of drug-likeness (QED) is 0.307. The highest BCUT2D eigenvalue weighted by Crippen LogP contribution is 2.30. The normalized spacial score (nSPS) is 13.5. The Balaban J connectivity index is 1.56. The smallest absolute Gasteiger partial charge is 0.338 e. The van der Waals surface area contributed by atoms with Gasteiger partial charge in [0.25, 0.3) is 11.8 Å². The number of benzene rings is 3. The number of carbonyl (C=O) groups excluding carboxylic acids is 4. The van der Waals surface area contributed by atoms with Crippen molar-refractivity contribution in [2.75, 3.05) is 12.0 Å². The summed E-state index contributed by atoms with van der Waals surface area (Å²) in [6, 6.07) is 19.3. The van der Waals surface area contributed by atoms with Crippen LogP contribution in [0, 0.1) is 0 Å². The number of hydrogen-bond acceptors (Lipinski definition) is 6. The van der Waals surface area contributed by atoms with Crippen molar-refractivity contribution in [1.82, 2.24) is 0 Å². The van der Waals surface area contributed by atoms with E-state index in [9.17, 15) is 19.2 Å². The molecule has 0 spiro atoms. The summed E-state index contributed by atoms with van der Waals surface area (Å²) in [6.07, 6.45) is -0.658. The van der Waals surface area contributed by atoms with Gasteiger partial charge in [-0.2, -0.15) is 0 Å². The maximum atomic E-state index is 13.0. The standard InChI is InChI=1S/C26H21NO6/c1-3-22(23(28)16-7-5-4-6-8-16)33-26(31)17-9-14-20-21(15-17)25(30)27(24(20)29)18-10-12-19(32-2)13-11-18/h4-15,22H,3H2,1-2H3. The number of esters is 1. The molecule has 1 atom stereocenters. The van der Waals surface area contributed by atoms with Crippen LogP contribution < -0.4 is 9.64 Å². The Morgan fingerprint density at radius 2 is 1.52 bits per heavy atom. The number of Topliss-reactive ketones (excluding diaryl/α,β-unsaturated/α-hetero) is 1. The average Bonchev–Trinajstić information content (AvgIpc) is 3.11. The summed E-state index contributed by atoms with van der Waals surface area (Å²) in [5, 5.41) is 0. The first-order valence-electron chi connectivity index (χ1n) is 10.4. The molecule has 0 aliphatic carbocycles. The van der Waals surface area contributed by atoms with Crippen LogP contribution in [0.1, 0.15) is 54.8 Å². The lowest BCUT2D eigenvalue weighted by molar-refractivity contribution is 0.0277. The minimum absolute atomic E-state index is 0.0887. The number of fused-ring (bicyclic) bond motifs is 1. The highest BCUT2D eigenvalue weighted by atomic mass is 16.5. The van der Waals surface area contributed by atoms with Crippen LogP contribution in [0.5, 0.6) is 5.75 Å². The Kier molecular flexibility index (Phi) is 6.04. The molecule has 3 aromatic rings. The van der Waals surface area contributed by atoms with Crippen LogP contribution in [0.4, 0.5) is 5.69 Å². The van der Waals surface area contributed by atoms with Crippen LogP contribution in [0.25, 0.3) is 0 Å². The van der Waals surface area contributed by atoms with Gasteiger partial charge in [0, 0.05) is 5.56 Å². The van der Waals surface area contributed by atoms with Crippen molar-refractivity contribution < 1.29 is 28.7 Å². The summed E-state index contributed by atoms with van der Waals surface area (Å²) in [5.74, 6) is -1.47. The van der Waals surface area contributed by atoms with Crippen molar-refractivity contribution in [3.63, 3.8) is 0 Å². The number of anilines is 1. The summed E-state index contributed by atoms with van der Waals surface area (Å²) >= 11 is 0. The summed E-state index contributed by atoms with van der Waals surface area (Å²) < 4.78 is 10.6. The second-order valence-electron chi connectivity index (χ2n) is 7.44. The molecule has 1 unspecified atom stereocenters. The highest BCUT2D eigenvalue weighted by Gasteiger charge is 2.37. The van der Waals surface area contributed by atoms with E-state index in [1.807, 2.05) is 0 Å². The fourth-order valence-electron chi connectivity index (χ4n) is 3.64. The minimum atomic E-state index is -0.957. The zero-order valence-electron chi connectivity index (χ0n) is 18.1. The second kappa shape index (κ2) is 9.08. The van der Waals surface area contributed by atoms with Crippen molar-refractivity contribution in [3.05, 3.63) is 95.1 Å². The van der Waals surface area contributed by atoms with E-state index in [1.165, 1.54) is 25.3 Å². The number of nitrogens with zero attached hydrogens (tertiary/aromatic N) is 1. The molecule has 0 radical (unpaired) electrons. The lowest BCUT2D eigenvalue weighted by atomic mass is 10.0. The van der Waals surface area contributed by atoms with Gasteiger partial charge in [-0.3, -0.25) is 14.4 Å². The van der Waals surface area contributed by atoms with Gasteiger partial charge >= 0.3 is 5.97 Å². The average molecular weight is 443 g/mol. The lowest BCUT2D eigenvalue weighted by Crippen LogP contribution is -2.29. The number of methoxy groups -OCH3 is 1. The number of amides is 2. The molecule has 4 rings (SSSR count). The maximum Gasteiger partial charge on any atom is 0.338 e. The summed E-state index contributed by atoms with van der Waals surface area (Å²) in [4.78, 5) is 52.3. The third-order valence-corrected chi connectivity index (χ3v) is 5.42. The number of hydrogen-bond donors (Lipinski definition) is 0. The fraction of sp³-hybridized carbons (Fsp3) is 0.154. The molecule has 0 N–H and O–H groups in total. The molecule has 7 heteroatoms. The molecule has 1 aliphatic rings. The molecule has 0 aromatic heterocycles. The summed E-state index contributed by atoms with van der Waals surface area (Å²) in [6.45, 7) is 1.75. The first-order valence-corrected chi connectivity index (χ1v) is 10.4. The monoisotopic (exact) mass is 443 g/mol. The van der Waals surface area contributed by atoms with Crippen LogP contribution in [0.15, 0.2) is 72.8 Å². The van der Waals surface area contributed by atoms with E-state index in [4.69, 9.17) is 9.47 Å². The van der Waals surface area contributed by atoms with Crippen LogP contribution in [0.3, 0.4) is 0 Å². The second-order valence-corrected chi connectivity index (χ2v) is 7.44. The van der Waals surface area contributed by atoms with Gasteiger partial charge in [0.1, 0.15) is 5.75 Å². The Bertz CT molecular complexity index is 1230. The highest BCUT2D eigenvalue weighted by molar-refractivity contribution is 6.34. The van der Waals surface area contributed by atoms with Gasteiger partial charge in [-0.05, 0) is 48.9 Å². The molecular formula is C26H21NO6. The van der Waals surface area contributed by atoms with Gasteiger partial charge in [0.05, 0.1) is 29.5 Å².